The van der Waals surface area contributed by atoms with Crippen molar-refractivity contribution in [1.29, 1.82) is 0 Å². The Balaban J connectivity index is 1.90. The number of aliphatic imine (C=N–C) groups is 1. The molecule has 24 heavy (non-hydrogen) atoms. The molecule has 0 aromatic heterocycles. The molecule has 2 aromatic carbocycles. The van der Waals surface area contributed by atoms with Crippen LogP contribution >= 0.6 is 0 Å². The van der Waals surface area contributed by atoms with Crippen molar-refractivity contribution in [2.75, 3.05) is 0 Å². The minimum Gasteiger partial charge on any atom is -0.427 e. The summed E-state index contributed by atoms with van der Waals surface area (Å²) in [7, 11) is 0. The van der Waals surface area contributed by atoms with Crippen molar-refractivity contribution in [1.82, 2.24) is 0 Å². The van der Waals surface area contributed by atoms with Crippen molar-refractivity contribution in [3.8, 4) is 5.75 Å². The molecule has 0 radical (unpaired) electrons. The molecule has 0 atom stereocenters. The second-order valence-electron chi connectivity index (χ2n) is 5.01. The molecule has 0 fully saturated rings. The summed E-state index contributed by atoms with van der Waals surface area (Å²) >= 11 is 0. The molecule has 2 aromatic rings. The Morgan fingerprint density at radius 1 is 1.21 bits per heavy atom. The molecule has 0 spiro atoms. The van der Waals surface area contributed by atoms with E-state index in [9.17, 15) is 14.0 Å². The molecule has 120 valence electrons. The van der Waals surface area contributed by atoms with Gasteiger partial charge in [-0.15, -0.1) is 0 Å². The number of halogens is 1. The molecule has 0 saturated heterocycles. The van der Waals surface area contributed by atoms with Crippen molar-refractivity contribution in [3.63, 3.8) is 0 Å². The zero-order valence-electron chi connectivity index (χ0n) is 12.7. The number of carbonyl (C=O) groups excluding carboxylic acids is 2. The van der Waals surface area contributed by atoms with Gasteiger partial charge in [-0.25, -0.2) is 14.2 Å². The van der Waals surface area contributed by atoms with Crippen LogP contribution in [0.4, 0.5) is 4.39 Å². The molecule has 6 heteroatoms. The van der Waals surface area contributed by atoms with E-state index in [2.05, 4.69) is 4.99 Å². The molecular formula is C18H12FNO4. The highest BCUT2D eigenvalue weighted by atomic mass is 19.1. The predicted molar refractivity (Wildman–Crippen MR) is 84.8 cm³/mol. The SMILES string of the molecule is CC(=O)Oc1cccc(C=C2N=C(c3cccc(F)c3)OC2=O)c1. The average molecular weight is 325 g/mol. The summed E-state index contributed by atoms with van der Waals surface area (Å²) < 4.78 is 23.3. The molecule has 0 N–H and O–H groups in total. The van der Waals surface area contributed by atoms with Gasteiger partial charge in [0.2, 0.25) is 5.90 Å². The highest BCUT2D eigenvalue weighted by Crippen LogP contribution is 2.21. The number of carbonyl (C=O) groups is 2. The van der Waals surface area contributed by atoms with Crippen LogP contribution in [0.3, 0.4) is 0 Å². The van der Waals surface area contributed by atoms with E-state index in [0.717, 1.165) is 0 Å². The number of nitrogens with zero attached hydrogens (tertiary/aromatic N) is 1. The van der Waals surface area contributed by atoms with Gasteiger partial charge in [0.05, 0.1) is 0 Å². The fourth-order valence-electron chi connectivity index (χ4n) is 2.15. The van der Waals surface area contributed by atoms with Crippen LogP contribution in [0.1, 0.15) is 18.1 Å². The Bertz CT molecular complexity index is 886. The third-order valence-corrected chi connectivity index (χ3v) is 3.12. The Hall–Kier alpha value is -3.28. The molecule has 3 rings (SSSR count). The third kappa shape index (κ3) is 3.55. The van der Waals surface area contributed by atoms with Gasteiger partial charge in [-0.3, -0.25) is 4.79 Å². The van der Waals surface area contributed by atoms with Crippen LogP contribution in [0.15, 0.2) is 59.2 Å². The van der Waals surface area contributed by atoms with Crippen molar-refractivity contribution in [3.05, 3.63) is 71.2 Å². The fourth-order valence-corrected chi connectivity index (χ4v) is 2.15. The number of cyclic esters (lactones) is 1. The third-order valence-electron chi connectivity index (χ3n) is 3.12. The van der Waals surface area contributed by atoms with Gasteiger partial charge < -0.3 is 9.47 Å². The topological polar surface area (TPSA) is 65.0 Å². The molecule has 0 saturated carbocycles. The van der Waals surface area contributed by atoms with Crippen LogP contribution in [0.25, 0.3) is 6.08 Å². The molecule has 0 unspecified atom stereocenters. The van der Waals surface area contributed by atoms with Crippen LogP contribution < -0.4 is 4.74 Å². The first-order chi connectivity index (χ1) is 11.5. The maximum atomic E-state index is 13.3. The molecule has 5 nitrogen and oxygen atoms in total. The molecule has 0 amide bonds. The first-order valence-electron chi connectivity index (χ1n) is 7.08. The first kappa shape index (κ1) is 15.6. The fraction of sp³-hybridized carbons (Fsp3) is 0.0556. The highest BCUT2D eigenvalue weighted by Gasteiger charge is 2.24. The highest BCUT2D eigenvalue weighted by molar-refractivity contribution is 6.12. The lowest BCUT2D eigenvalue weighted by molar-refractivity contribution is -0.132. The predicted octanol–water partition coefficient (Wildman–Crippen LogP) is 3.10. The quantitative estimate of drug-likeness (QED) is 0.494. The zero-order chi connectivity index (χ0) is 17.1. The van der Waals surface area contributed by atoms with Gasteiger partial charge in [-0.1, -0.05) is 18.2 Å². The summed E-state index contributed by atoms with van der Waals surface area (Å²) in [4.78, 5) is 27.0. The van der Waals surface area contributed by atoms with Gasteiger partial charge >= 0.3 is 11.9 Å². The van der Waals surface area contributed by atoms with Gasteiger partial charge in [0, 0.05) is 12.5 Å². The molecule has 1 aliphatic rings. The van der Waals surface area contributed by atoms with E-state index >= 15 is 0 Å². The van der Waals surface area contributed by atoms with Gasteiger partial charge in [0.15, 0.2) is 5.70 Å². The zero-order valence-corrected chi connectivity index (χ0v) is 12.7. The summed E-state index contributed by atoms with van der Waals surface area (Å²) in [6, 6.07) is 12.2. The minimum atomic E-state index is -0.632. The Morgan fingerprint density at radius 2 is 2.00 bits per heavy atom. The largest absolute Gasteiger partial charge is 0.427 e. The average Bonchev–Trinajstić information content (AvgIpc) is 2.88. The summed E-state index contributed by atoms with van der Waals surface area (Å²) in [5.74, 6) is -1.11. The van der Waals surface area contributed by atoms with Gasteiger partial charge in [-0.05, 0) is 42.0 Å². The normalized spacial score (nSPS) is 15.2. The van der Waals surface area contributed by atoms with E-state index in [1.807, 2.05) is 0 Å². The summed E-state index contributed by atoms with van der Waals surface area (Å²) in [5.41, 5.74) is 1.07. The van der Waals surface area contributed by atoms with Crippen LogP contribution in [0.5, 0.6) is 5.75 Å². The molecule has 0 bridgehead atoms. The number of esters is 2. The van der Waals surface area contributed by atoms with E-state index in [0.29, 0.717) is 16.9 Å². The van der Waals surface area contributed by atoms with E-state index < -0.39 is 17.8 Å². The van der Waals surface area contributed by atoms with Gasteiger partial charge in [-0.2, -0.15) is 0 Å². The summed E-state index contributed by atoms with van der Waals surface area (Å²) in [5, 5.41) is 0. The Kier molecular flexibility index (Phi) is 4.20. The van der Waals surface area contributed by atoms with Crippen LogP contribution in [-0.4, -0.2) is 17.8 Å². The number of benzene rings is 2. The lowest BCUT2D eigenvalue weighted by Gasteiger charge is -2.01. The monoisotopic (exact) mass is 325 g/mol. The van der Waals surface area contributed by atoms with E-state index in [1.54, 1.807) is 30.3 Å². The van der Waals surface area contributed by atoms with Gasteiger partial charge in [0.25, 0.3) is 0 Å². The lowest BCUT2D eigenvalue weighted by Crippen LogP contribution is -2.05. The molecule has 1 heterocycles. The van der Waals surface area contributed by atoms with E-state index in [-0.39, 0.29) is 11.6 Å². The smallest absolute Gasteiger partial charge is 0.363 e. The number of hydrogen-bond donors (Lipinski definition) is 0. The van der Waals surface area contributed by atoms with Crippen LogP contribution in [-0.2, 0) is 14.3 Å². The van der Waals surface area contributed by atoms with Crippen molar-refractivity contribution in [2.24, 2.45) is 4.99 Å². The number of hydrogen-bond acceptors (Lipinski definition) is 5. The standard InChI is InChI=1S/C18H12FNO4/c1-11(21)23-15-7-2-4-12(8-15)9-16-18(22)24-17(20-16)13-5-3-6-14(19)10-13/h2-10H,1H3. The van der Waals surface area contributed by atoms with Crippen molar-refractivity contribution >= 4 is 23.9 Å². The van der Waals surface area contributed by atoms with Crippen LogP contribution in [0, 0.1) is 5.82 Å². The van der Waals surface area contributed by atoms with Gasteiger partial charge in [0.1, 0.15) is 11.6 Å². The van der Waals surface area contributed by atoms with Crippen molar-refractivity contribution in [2.45, 2.75) is 6.92 Å². The second-order valence-corrected chi connectivity index (χ2v) is 5.01. The minimum absolute atomic E-state index is 0.0434. The maximum Gasteiger partial charge on any atom is 0.363 e. The summed E-state index contributed by atoms with van der Waals surface area (Å²) in [6.07, 6.45) is 1.50. The Morgan fingerprint density at radius 3 is 2.75 bits per heavy atom. The molecule has 0 aliphatic carbocycles. The van der Waals surface area contributed by atoms with Crippen molar-refractivity contribution < 1.29 is 23.5 Å². The summed E-state index contributed by atoms with van der Waals surface area (Å²) in [6.45, 7) is 1.30. The number of ether oxygens (including phenoxy) is 2. The maximum absolute atomic E-state index is 13.3. The lowest BCUT2D eigenvalue weighted by atomic mass is 10.2. The first-order valence-corrected chi connectivity index (χ1v) is 7.08. The van der Waals surface area contributed by atoms with Crippen LogP contribution in [0.2, 0.25) is 0 Å². The van der Waals surface area contributed by atoms with E-state index in [4.69, 9.17) is 9.47 Å². The molecule has 1 aliphatic heterocycles. The molecular weight excluding hydrogens is 313 g/mol. The van der Waals surface area contributed by atoms with E-state index in [1.165, 1.54) is 31.2 Å². The number of rotatable bonds is 3. The second kappa shape index (κ2) is 6.45. The Labute approximate surface area is 137 Å².